The number of carbonyl (C=O) groups is 1. The van der Waals surface area contributed by atoms with Gasteiger partial charge >= 0.3 is 0 Å². The summed E-state index contributed by atoms with van der Waals surface area (Å²) in [6.07, 6.45) is 1.93. The van der Waals surface area contributed by atoms with Gasteiger partial charge in [-0.1, -0.05) is 0 Å². The van der Waals surface area contributed by atoms with E-state index in [1.807, 2.05) is 18.2 Å². The molecule has 1 saturated heterocycles. The molecule has 11 heteroatoms. The molecule has 3 aromatic rings. The number of nitrogens with one attached hydrogen (secondary N) is 3. The number of hydrogen-bond donors (Lipinski definition) is 3. The van der Waals surface area contributed by atoms with Crippen LogP contribution in [-0.2, 0) is 0 Å². The molecule has 2 aromatic carbocycles. The molecule has 1 aromatic heterocycles. The fraction of sp³-hybridized carbons (Fsp3) is 0.250. The minimum atomic E-state index is -0.910. The number of carbonyl (C=O) groups excluding carboxylic acids is 1. The highest BCUT2D eigenvalue weighted by Gasteiger charge is 2.20. The third kappa shape index (κ3) is 5.51. The zero-order chi connectivity index (χ0) is 24.4. The summed E-state index contributed by atoms with van der Waals surface area (Å²) in [6, 6.07) is 12.1. The number of nitrogens with zero attached hydrogens (tertiary/aromatic N) is 4. The standard InChI is InChI=1S/C24H23F2N7OS/c1-14-11-21(32-31-14)28-20-13-22(33-9-2-10-33)30-24(29-20)35-17-6-4-16(5-7-17)27-23(34)18-8-3-15(25)12-19(18)26/h3-8,12-14,31H,2,9-11H2,1H3,(H,27,34)(H,28,29,30,32). The Bertz CT molecular complexity index is 1280. The summed E-state index contributed by atoms with van der Waals surface area (Å²) in [5, 5.41) is 10.8. The van der Waals surface area contributed by atoms with Gasteiger partial charge in [0.15, 0.2) is 5.16 Å². The molecule has 0 bridgehead atoms. The first-order chi connectivity index (χ1) is 16.9. The molecule has 1 atom stereocenters. The number of benzene rings is 2. The lowest BCUT2D eigenvalue weighted by Gasteiger charge is -2.32. The van der Waals surface area contributed by atoms with E-state index in [4.69, 9.17) is 4.98 Å². The van der Waals surface area contributed by atoms with Crippen molar-refractivity contribution in [2.75, 3.05) is 28.6 Å². The van der Waals surface area contributed by atoms with Gasteiger partial charge in [-0.25, -0.2) is 18.7 Å². The maximum Gasteiger partial charge on any atom is 0.258 e. The normalized spacial score (nSPS) is 16.8. The largest absolute Gasteiger partial charge is 0.356 e. The first-order valence-electron chi connectivity index (χ1n) is 11.2. The van der Waals surface area contributed by atoms with Crippen LogP contribution >= 0.6 is 11.8 Å². The monoisotopic (exact) mass is 495 g/mol. The van der Waals surface area contributed by atoms with Crippen molar-refractivity contribution in [1.29, 1.82) is 0 Å². The Hall–Kier alpha value is -3.73. The number of anilines is 3. The molecule has 2 aliphatic heterocycles. The molecule has 0 aliphatic carbocycles. The van der Waals surface area contributed by atoms with Crippen LogP contribution in [0.25, 0.3) is 0 Å². The van der Waals surface area contributed by atoms with Crippen molar-refractivity contribution in [2.24, 2.45) is 5.10 Å². The predicted octanol–water partition coefficient (Wildman–Crippen LogP) is 4.48. The molecule has 3 heterocycles. The lowest BCUT2D eigenvalue weighted by atomic mass is 10.2. The molecule has 35 heavy (non-hydrogen) atoms. The van der Waals surface area contributed by atoms with E-state index < -0.39 is 17.5 Å². The van der Waals surface area contributed by atoms with Crippen LogP contribution in [0, 0.1) is 11.6 Å². The maximum absolute atomic E-state index is 13.9. The average Bonchev–Trinajstić information content (AvgIpc) is 3.18. The van der Waals surface area contributed by atoms with Gasteiger partial charge in [0.05, 0.1) is 5.56 Å². The number of amides is 1. The molecular formula is C24H23F2N7OS. The van der Waals surface area contributed by atoms with Crippen molar-refractivity contribution < 1.29 is 13.6 Å². The van der Waals surface area contributed by atoms with Crippen molar-refractivity contribution in [3.63, 3.8) is 0 Å². The van der Waals surface area contributed by atoms with Crippen LogP contribution in [0.2, 0.25) is 0 Å². The average molecular weight is 496 g/mol. The summed E-state index contributed by atoms with van der Waals surface area (Å²) in [6.45, 7) is 3.99. The van der Waals surface area contributed by atoms with Crippen molar-refractivity contribution >= 4 is 40.8 Å². The second-order valence-electron chi connectivity index (χ2n) is 8.36. The molecule has 0 spiro atoms. The smallest absolute Gasteiger partial charge is 0.258 e. The summed E-state index contributed by atoms with van der Waals surface area (Å²) in [4.78, 5) is 24.8. The van der Waals surface area contributed by atoms with Gasteiger partial charge in [0.2, 0.25) is 0 Å². The lowest BCUT2D eigenvalue weighted by molar-refractivity contribution is 0.102. The topological polar surface area (TPSA) is 94.5 Å². The zero-order valence-corrected chi connectivity index (χ0v) is 19.7. The van der Waals surface area contributed by atoms with Crippen LogP contribution in [0.15, 0.2) is 63.7 Å². The van der Waals surface area contributed by atoms with Gasteiger partial charge in [-0.05, 0) is 61.5 Å². The third-order valence-corrected chi connectivity index (χ3v) is 6.43. The Morgan fingerprint density at radius 2 is 1.91 bits per heavy atom. The highest BCUT2D eigenvalue weighted by atomic mass is 32.2. The molecule has 1 amide bonds. The van der Waals surface area contributed by atoms with E-state index in [2.05, 4.69) is 38.0 Å². The molecule has 1 fully saturated rings. The number of hydrazone groups is 1. The van der Waals surface area contributed by atoms with Gasteiger partial charge in [0, 0.05) is 48.3 Å². The van der Waals surface area contributed by atoms with Gasteiger partial charge in [0.1, 0.15) is 29.1 Å². The number of aromatic nitrogens is 2. The summed E-state index contributed by atoms with van der Waals surface area (Å²) in [7, 11) is 0. The second kappa shape index (κ2) is 9.87. The van der Waals surface area contributed by atoms with Crippen LogP contribution in [0.1, 0.15) is 30.1 Å². The molecular weight excluding hydrogens is 472 g/mol. The minimum absolute atomic E-state index is 0.224. The zero-order valence-electron chi connectivity index (χ0n) is 18.9. The van der Waals surface area contributed by atoms with Crippen LogP contribution in [0.4, 0.5) is 26.1 Å². The van der Waals surface area contributed by atoms with Crippen molar-refractivity contribution in [1.82, 2.24) is 15.4 Å². The van der Waals surface area contributed by atoms with E-state index in [9.17, 15) is 13.6 Å². The number of halogens is 2. The first-order valence-corrected chi connectivity index (χ1v) is 12.0. The van der Waals surface area contributed by atoms with Gasteiger partial charge in [0.25, 0.3) is 5.91 Å². The van der Waals surface area contributed by atoms with E-state index >= 15 is 0 Å². The van der Waals surface area contributed by atoms with E-state index in [0.717, 1.165) is 54.6 Å². The van der Waals surface area contributed by atoms with Gasteiger partial charge in [-0.3, -0.25) is 4.79 Å². The molecule has 3 N–H and O–H groups in total. The summed E-state index contributed by atoms with van der Waals surface area (Å²) in [5.41, 5.74) is 3.30. The highest BCUT2D eigenvalue weighted by molar-refractivity contribution is 7.99. The Labute approximate surface area is 205 Å². The fourth-order valence-electron chi connectivity index (χ4n) is 3.61. The quantitative estimate of drug-likeness (QED) is 0.434. The molecule has 2 aliphatic rings. The second-order valence-corrected chi connectivity index (χ2v) is 9.40. The lowest BCUT2D eigenvalue weighted by Crippen LogP contribution is -2.37. The summed E-state index contributed by atoms with van der Waals surface area (Å²) >= 11 is 1.40. The molecule has 8 nitrogen and oxygen atoms in total. The Kier molecular flexibility index (Phi) is 6.49. The molecule has 0 radical (unpaired) electrons. The third-order valence-electron chi connectivity index (χ3n) is 5.56. The SMILES string of the molecule is CC1CC(Nc2cc(N3CCC3)nc(Sc3ccc(NC(=O)c4ccc(F)cc4F)cc3)n2)=NN1. The Morgan fingerprint density at radius 3 is 2.57 bits per heavy atom. The Balaban J connectivity index is 1.29. The van der Waals surface area contributed by atoms with Gasteiger partial charge < -0.3 is 21.0 Å². The van der Waals surface area contributed by atoms with E-state index in [0.29, 0.717) is 22.7 Å². The molecule has 5 rings (SSSR count). The van der Waals surface area contributed by atoms with Crippen molar-refractivity contribution in [2.45, 2.75) is 35.9 Å². The van der Waals surface area contributed by atoms with Crippen LogP contribution in [-0.4, -0.2) is 40.8 Å². The van der Waals surface area contributed by atoms with Crippen molar-refractivity contribution in [3.05, 3.63) is 65.7 Å². The molecule has 0 saturated carbocycles. The minimum Gasteiger partial charge on any atom is -0.356 e. The summed E-state index contributed by atoms with van der Waals surface area (Å²) in [5.74, 6) is 0.0846. The number of hydrogen-bond acceptors (Lipinski definition) is 8. The molecule has 180 valence electrons. The number of rotatable bonds is 6. The van der Waals surface area contributed by atoms with E-state index in [1.54, 1.807) is 12.1 Å². The first kappa shape index (κ1) is 23.0. The van der Waals surface area contributed by atoms with E-state index in [-0.39, 0.29) is 11.6 Å². The van der Waals surface area contributed by atoms with Crippen LogP contribution in [0.3, 0.4) is 0 Å². The predicted molar refractivity (Wildman–Crippen MR) is 132 cm³/mol. The fourth-order valence-corrected chi connectivity index (χ4v) is 4.38. The van der Waals surface area contributed by atoms with E-state index in [1.165, 1.54) is 11.8 Å². The Morgan fingerprint density at radius 1 is 1.11 bits per heavy atom. The van der Waals surface area contributed by atoms with Gasteiger partial charge in [-0.15, -0.1) is 0 Å². The maximum atomic E-state index is 13.9. The van der Waals surface area contributed by atoms with Crippen molar-refractivity contribution in [3.8, 4) is 0 Å². The number of amidine groups is 1. The highest BCUT2D eigenvalue weighted by Crippen LogP contribution is 2.30. The molecule has 1 unspecified atom stereocenters. The van der Waals surface area contributed by atoms with Crippen LogP contribution < -0.4 is 21.0 Å². The van der Waals surface area contributed by atoms with Crippen LogP contribution in [0.5, 0.6) is 0 Å². The summed E-state index contributed by atoms with van der Waals surface area (Å²) < 4.78 is 27.0. The van der Waals surface area contributed by atoms with Gasteiger partial charge in [-0.2, -0.15) is 5.10 Å².